The van der Waals surface area contributed by atoms with E-state index in [2.05, 4.69) is 0 Å². The fourth-order valence-electron chi connectivity index (χ4n) is 2.11. The van der Waals surface area contributed by atoms with Crippen LogP contribution in [0.3, 0.4) is 0 Å². The summed E-state index contributed by atoms with van der Waals surface area (Å²) in [5.41, 5.74) is 6.11. The van der Waals surface area contributed by atoms with Gasteiger partial charge in [0.2, 0.25) is 0 Å². The molecule has 0 saturated heterocycles. The van der Waals surface area contributed by atoms with Gasteiger partial charge in [-0.25, -0.2) is 4.39 Å². The number of benzene rings is 1. The summed E-state index contributed by atoms with van der Waals surface area (Å²) < 4.78 is 25.1. The molecular formula is C16H27FN2O3. The SMILES string of the molecule is CCOc1cc(F)c(C(O)C(N)CCN(C)C)cc1OCC. The Balaban J connectivity index is 2.99. The quantitative estimate of drug-likeness (QED) is 0.729. The molecule has 0 aliphatic rings. The average Bonchev–Trinajstić information content (AvgIpc) is 2.47. The highest BCUT2D eigenvalue weighted by atomic mass is 19.1. The van der Waals surface area contributed by atoms with Crippen molar-refractivity contribution in [1.29, 1.82) is 0 Å². The van der Waals surface area contributed by atoms with E-state index < -0.39 is 18.0 Å². The fourth-order valence-corrected chi connectivity index (χ4v) is 2.11. The van der Waals surface area contributed by atoms with Gasteiger partial charge in [0, 0.05) is 17.7 Å². The molecule has 0 radical (unpaired) electrons. The lowest BCUT2D eigenvalue weighted by Gasteiger charge is -2.22. The Morgan fingerprint density at radius 1 is 1.18 bits per heavy atom. The molecule has 0 spiro atoms. The Bertz CT molecular complexity index is 469. The molecule has 0 heterocycles. The van der Waals surface area contributed by atoms with Gasteiger partial charge >= 0.3 is 0 Å². The zero-order valence-corrected chi connectivity index (χ0v) is 13.8. The topological polar surface area (TPSA) is 68.0 Å². The van der Waals surface area contributed by atoms with Crippen LogP contribution in [0.4, 0.5) is 4.39 Å². The standard InChI is InChI=1S/C16H27FN2O3/c1-5-21-14-9-11(12(17)10-15(14)22-6-2)16(20)13(18)7-8-19(3)4/h9-10,13,16,20H,5-8,18H2,1-4H3. The van der Waals surface area contributed by atoms with Crippen LogP contribution in [0.15, 0.2) is 12.1 Å². The maximum atomic E-state index is 14.2. The van der Waals surface area contributed by atoms with Gasteiger partial charge in [-0.3, -0.25) is 0 Å². The second-order valence-corrected chi connectivity index (χ2v) is 5.39. The predicted molar refractivity (Wildman–Crippen MR) is 84.8 cm³/mol. The molecule has 126 valence electrons. The second kappa shape index (κ2) is 8.92. The van der Waals surface area contributed by atoms with E-state index in [4.69, 9.17) is 15.2 Å². The van der Waals surface area contributed by atoms with Crippen LogP contribution in [-0.2, 0) is 0 Å². The summed E-state index contributed by atoms with van der Waals surface area (Å²) in [6.45, 7) is 5.19. The first-order chi connectivity index (χ1) is 10.4. The van der Waals surface area contributed by atoms with Crippen molar-refractivity contribution in [2.45, 2.75) is 32.4 Å². The smallest absolute Gasteiger partial charge is 0.164 e. The zero-order valence-electron chi connectivity index (χ0n) is 13.8. The first-order valence-corrected chi connectivity index (χ1v) is 7.58. The summed E-state index contributed by atoms with van der Waals surface area (Å²) in [7, 11) is 3.84. The molecule has 1 rings (SSSR count). The highest BCUT2D eigenvalue weighted by Crippen LogP contribution is 2.34. The lowest BCUT2D eigenvalue weighted by Crippen LogP contribution is -2.32. The third-order valence-corrected chi connectivity index (χ3v) is 3.30. The maximum Gasteiger partial charge on any atom is 0.164 e. The molecule has 5 nitrogen and oxygen atoms in total. The van der Waals surface area contributed by atoms with Crippen LogP contribution in [0.1, 0.15) is 31.9 Å². The van der Waals surface area contributed by atoms with Gasteiger partial charge in [-0.05, 0) is 47.0 Å². The van der Waals surface area contributed by atoms with E-state index in [0.29, 0.717) is 31.1 Å². The van der Waals surface area contributed by atoms with Crippen LogP contribution in [0.5, 0.6) is 11.5 Å². The van der Waals surface area contributed by atoms with Gasteiger partial charge in [0.25, 0.3) is 0 Å². The van der Waals surface area contributed by atoms with E-state index in [0.717, 1.165) is 6.54 Å². The molecule has 2 unspecified atom stereocenters. The van der Waals surface area contributed by atoms with Crippen molar-refractivity contribution in [2.75, 3.05) is 33.9 Å². The predicted octanol–water partition coefficient (Wildman–Crippen LogP) is 1.94. The number of aliphatic hydroxyl groups excluding tert-OH is 1. The van der Waals surface area contributed by atoms with Gasteiger partial charge in [-0.1, -0.05) is 0 Å². The van der Waals surface area contributed by atoms with Gasteiger partial charge < -0.3 is 25.2 Å². The third kappa shape index (κ3) is 5.12. The minimum absolute atomic E-state index is 0.137. The minimum Gasteiger partial charge on any atom is -0.490 e. The number of hydrogen-bond acceptors (Lipinski definition) is 5. The van der Waals surface area contributed by atoms with Gasteiger partial charge in [-0.2, -0.15) is 0 Å². The van der Waals surface area contributed by atoms with Crippen molar-refractivity contribution < 1.29 is 19.0 Å². The second-order valence-electron chi connectivity index (χ2n) is 5.39. The van der Waals surface area contributed by atoms with Gasteiger partial charge in [-0.15, -0.1) is 0 Å². The summed E-state index contributed by atoms with van der Waals surface area (Å²) in [5.74, 6) is 0.207. The Morgan fingerprint density at radius 2 is 1.73 bits per heavy atom. The van der Waals surface area contributed by atoms with Crippen molar-refractivity contribution in [1.82, 2.24) is 4.90 Å². The van der Waals surface area contributed by atoms with Gasteiger partial charge in [0.1, 0.15) is 5.82 Å². The summed E-state index contributed by atoms with van der Waals surface area (Å²) in [6, 6.07) is 2.17. The molecule has 1 aromatic carbocycles. The van der Waals surface area contributed by atoms with E-state index in [1.165, 1.54) is 12.1 Å². The highest BCUT2D eigenvalue weighted by molar-refractivity contribution is 5.44. The maximum absolute atomic E-state index is 14.2. The van der Waals surface area contributed by atoms with Crippen LogP contribution in [-0.4, -0.2) is 49.9 Å². The number of nitrogens with two attached hydrogens (primary N) is 1. The normalized spacial score (nSPS) is 14.0. The molecular weight excluding hydrogens is 287 g/mol. The fraction of sp³-hybridized carbons (Fsp3) is 0.625. The first kappa shape index (κ1) is 18.7. The molecule has 0 fully saturated rings. The van der Waals surface area contributed by atoms with E-state index in [1.807, 2.05) is 32.8 Å². The van der Waals surface area contributed by atoms with E-state index >= 15 is 0 Å². The van der Waals surface area contributed by atoms with Crippen molar-refractivity contribution >= 4 is 0 Å². The molecule has 1 aromatic rings. The van der Waals surface area contributed by atoms with Crippen LogP contribution in [0, 0.1) is 5.82 Å². The largest absolute Gasteiger partial charge is 0.490 e. The van der Waals surface area contributed by atoms with Crippen molar-refractivity contribution in [3.05, 3.63) is 23.5 Å². The van der Waals surface area contributed by atoms with E-state index in [-0.39, 0.29) is 5.56 Å². The van der Waals surface area contributed by atoms with E-state index in [1.54, 1.807) is 0 Å². The van der Waals surface area contributed by atoms with Crippen LogP contribution < -0.4 is 15.2 Å². The Morgan fingerprint density at radius 3 is 2.23 bits per heavy atom. The molecule has 22 heavy (non-hydrogen) atoms. The zero-order chi connectivity index (χ0) is 16.7. The van der Waals surface area contributed by atoms with Crippen molar-refractivity contribution in [3.8, 4) is 11.5 Å². The van der Waals surface area contributed by atoms with Crippen molar-refractivity contribution in [3.63, 3.8) is 0 Å². The van der Waals surface area contributed by atoms with E-state index in [9.17, 15) is 9.50 Å². The molecule has 0 aliphatic carbocycles. The van der Waals surface area contributed by atoms with Crippen LogP contribution >= 0.6 is 0 Å². The lowest BCUT2D eigenvalue weighted by atomic mass is 9.99. The average molecular weight is 314 g/mol. The van der Waals surface area contributed by atoms with Crippen molar-refractivity contribution in [2.24, 2.45) is 5.73 Å². The molecule has 0 amide bonds. The van der Waals surface area contributed by atoms with Crippen LogP contribution in [0.2, 0.25) is 0 Å². The number of nitrogens with zero attached hydrogens (tertiary/aromatic N) is 1. The molecule has 0 aromatic heterocycles. The highest BCUT2D eigenvalue weighted by Gasteiger charge is 2.23. The number of aliphatic hydroxyl groups is 1. The molecule has 0 bridgehead atoms. The summed E-state index contributed by atoms with van der Waals surface area (Å²) in [4.78, 5) is 1.97. The third-order valence-electron chi connectivity index (χ3n) is 3.30. The molecule has 6 heteroatoms. The Kier molecular flexibility index (Phi) is 7.58. The summed E-state index contributed by atoms with van der Waals surface area (Å²) >= 11 is 0. The summed E-state index contributed by atoms with van der Waals surface area (Å²) in [5, 5.41) is 10.3. The Hall–Kier alpha value is -1.37. The number of halogens is 1. The molecule has 0 aliphatic heterocycles. The first-order valence-electron chi connectivity index (χ1n) is 7.58. The summed E-state index contributed by atoms with van der Waals surface area (Å²) in [6.07, 6.45) is -0.528. The number of rotatable bonds is 9. The lowest BCUT2D eigenvalue weighted by molar-refractivity contribution is 0.133. The minimum atomic E-state index is -1.09. The molecule has 3 N–H and O–H groups in total. The molecule has 2 atom stereocenters. The van der Waals surface area contributed by atoms with Gasteiger partial charge in [0.05, 0.1) is 19.3 Å². The monoisotopic (exact) mass is 314 g/mol. The van der Waals surface area contributed by atoms with Gasteiger partial charge in [0.15, 0.2) is 11.5 Å². The number of ether oxygens (including phenoxy) is 2. The molecule has 0 saturated carbocycles. The number of hydrogen-bond donors (Lipinski definition) is 2. The van der Waals surface area contributed by atoms with Crippen LogP contribution in [0.25, 0.3) is 0 Å². The Labute approximate surface area is 131 Å².